The highest BCUT2D eigenvalue weighted by Crippen LogP contribution is 2.35. The molecule has 0 radical (unpaired) electrons. The summed E-state index contributed by atoms with van der Waals surface area (Å²) in [5.74, 6) is 1.50. The van der Waals surface area contributed by atoms with Gasteiger partial charge in [0.1, 0.15) is 0 Å². The molecule has 1 aromatic rings. The Hall–Kier alpha value is -1.71. The van der Waals surface area contributed by atoms with Crippen LogP contribution in [0.3, 0.4) is 0 Å². The SMILES string of the molecule is CC(C)CNC(=O)c1cccc2c1OCO2. The van der Waals surface area contributed by atoms with Crippen LogP contribution in [0.15, 0.2) is 18.2 Å². The van der Waals surface area contributed by atoms with Gasteiger partial charge in [0, 0.05) is 6.54 Å². The van der Waals surface area contributed by atoms with E-state index in [1.807, 2.05) is 0 Å². The Balaban J connectivity index is 2.15. The number of nitrogens with one attached hydrogen (secondary N) is 1. The number of carbonyl (C=O) groups excluding carboxylic acids is 1. The second-order valence-electron chi connectivity index (χ2n) is 4.14. The minimum Gasteiger partial charge on any atom is -0.454 e. The molecular formula is C12H15NO3. The first-order valence-corrected chi connectivity index (χ1v) is 5.35. The van der Waals surface area contributed by atoms with Crippen LogP contribution in [-0.4, -0.2) is 19.2 Å². The summed E-state index contributed by atoms with van der Waals surface area (Å²) in [6.07, 6.45) is 0. The molecule has 1 aromatic carbocycles. The van der Waals surface area contributed by atoms with Crippen molar-refractivity contribution in [3.05, 3.63) is 23.8 Å². The van der Waals surface area contributed by atoms with E-state index >= 15 is 0 Å². The Morgan fingerprint density at radius 1 is 1.44 bits per heavy atom. The third-order valence-corrected chi connectivity index (χ3v) is 2.31. The average molecular weight is 221 g/mol. The number of hydrogen-bond donors (Lipinski definition) is 1. The van der Waals surface area contributed by atoms with Crippen LogP contribution in [-0.2, 0) is 0 Å². The Morgan fingerprint density at radius 2 is 2.25 bits per heavy atom. The van der Waals surface area contributed by atoms with Crippen molar-refractivity contribution < 1.29 is 14.3 Å². The first-order valence-electron chi connectivity index (χ1n) is 5.35. The highest BCUT2D eigenvalue weighted by atomic mass is 16.7. The fourth-order valence-electron chi connectivity index (χ4n) is 1.50. The topological polar surface area (TPSA) is 47.6 Å². The number of rotatable bonds is 3. The van der Waals surface area contributed by atoms with Crippen molar-refractivity contribution in [2.45, 2.75) is 13.8 Å². The summed E-state index contributed by atoms with van der Waals surface area (Å²) in [6, 6.07) is 5.32. The highest BCUT2D eigenvalue weighted by molar-refractivity contribution is 5.97. The van der Waals surface area contributed by atoms with Gasteiger partial charge in [-0.1, -0.05) is 19.9 Å². The van der Waals surface area contributed by atoms with Gasteiger partial charge in [-0.2, -0.15) is 0 Å². The fraction of sp³-hybridized carbons (Fsp3) is 0.417. The molecule has 1 aliphatic rings. The first-order chi connectivity index (χ1) is 7.68. The lowest BCUT2D eigenvalue weighted by molar-refractivity contribution is 0.0944. The Bertz CT molecular complexity index is 401. The molecule has 0 bridgehead atoms. The van der Waals surface area contributed by atoms with Gasteiger partial charge in [-0.05, 0) is 18.1 Å². The summed E-state index contributed by atoms with van der Waals surface area (Å²) in [5, 5.41) is 2.85. The van der Waals surface area contributed by atoms with Crippen LogP contribution in [0.5, 0.6) is 11.5 Å². The summed E-state index contributed by atoms with van der Waals surface area (Å²) < 4.78 is 10.5. The monoisotopic (exact) mass is 221 g/mol. The van der Waals surface area contributed by atoms with Crippen LogP contribution < -0.4 is 14.8 Å². The maximum Gasteiger partial charge on any atom is 0.255 e. The number of carbonyl (C=O) groups is 1. The van der Waals surface area contributed by atoms with E-state index in [0.717, 1.165) is 0 Å². The van der Waals surface area contributed by atoms with Gasteiger partial charge in [0.25, 0.3) is 5.91 Å². The third kappa shape index (κ3) is 2.10. The maximum atomic E-state index is 11.9. The molecule has 0 saturated carbocycles. The molecule has 1 amide bonds. The zero-order valence-electron chi connectivity index (χ0n) is 9.45. The lowest BCUT2D eigenvalue weighted by Crippen LogP contribution is -2.27. The van der Waals surface area contributed by atoms with Crippen molar-refractivity contribution in [3.8, 4) is 11.5 Å². The van der Waals surface area contributed by atoms with E-state index in [4.69, 9.17) is 9.47 Å². The van der Waals surface area contributed by atoms with Gasteiger partial charge < -0.3 is 14.8 Å². The van der Waals surface area contributed by atoms with Crippen molar-refractivity contribution in [2.75, 3.05) is 13.3 Å². The number of para-hydroxylation sites is 1. The smallest absolute Gasteiger partial charge is 0.255 e. The van der Waals surface area contributed by atoms with E-state index in [2.05, 4.69) is 19.2 Å². The van der Waals surface area contributed by atoms with Crippen molar-refractivity contribution in [1.29, 1.82) is 0 Å². The molecule has 0 aliphatic carbocycles. The van der Waals surface area contributed by atoms with E-state index in [9.17, 15) is 4.79 Å². The third-order valence-electron chi connectivity index (χ3n) is 2.31. The molecule has 1 aliphatic heterocycles. The molecule has 1 N–H and O–H groups in total. The molecule has 0 atom stereocenters. The van der Waals surface area contributed by atoms with Gasteiger partial charge in [0.2, 0.25) is 6.79 Å². The second kappa shape index (κ2) is 4.43. The summed E-state index contributed by atoms with van der Waals surface area (Å²) in [5.41, 5.74) is 0.538. The van der Waals surface area contributed by atoms with Crippen LogP contribution in [0.2, 0.25) is 0 Å². The lowest BCUT2D eigenvalue weighted by atomic mass is 10.1. The number of amides is 1. The summed E-state index contributed by atoms with van der Waals surface area (Å²) in [6.45, 7) is 4.94. The molecule has 16 heavy (non-hydrogen) atoms. The predicted octanol–water partition coefficient (Wildman–Crippen LogP) is 1.80. The van der Waals surface area contributed by atoms with Gasteiger partial charge in [0.15, 0.2) is 11.5 Å². The molecule has 86 valence electrons. The molecule has 4 heteroatoms. The van der Waals surface area contributed by atoms with E-state index in [1.165, 1.54) is 0 Å². The van der Waals surface area contributed by atoms with Gasteiger partial charge in [0.05, 0.1) is 5.56 Å². The summed E-state index contributed by atoms with van der Waals surface area (Å²) in [7, 11) is 0. The quantitative estimate of drug-likeness (QED) is 0.846. The molecule has 0 fully saturated rings. The Morgan fingerprint density at radius 3 is 3.00 bits per heavy atom. The molecule has 0 unspecified atom stereocenters. The standard InChI is InChI=1S/C12H15NO3/c1-8(2)6-13-12(14)9-4-3-5-10-11(9)16-7-15-10/h3-5,8H,6-7H2,1-2H3,(H,13,14). The zero-order chi connectivity index (χ0) is 11.5. The fourth-order valence-corrected chi connectivity index (χ4v) is 1.50. The van der Waals surface area contributed by atoms with E-state index in [0.29, 0.717) is 29.5 Å². The van der Waals surface area contributed by atoms with E-state index in [1.54, 1.807) is 18.2 Å². The number of ether oxygens (including phenoxy) is 2. The van der Waals surface area contributed by atoms with Gasteiger partial charge in [-0.3, -0.25) is 4.79 Å². The number of fused-ring (bicyclic) bond motifs is 1. The molecule has 0 aromatic heterocycles. The lowest BCUT2D eigenvalue weighted by Gasteiger charge is -2.09. The zero-order valence-corrected chi connectivity index (χ0v) is 9.45. The van der Waals surface area contributed by atoms with Crippen LogP contribution in [0.25, 0.3) is 0 Å². The molecule has 0 spiro atoms. The van der Waals surface area contributed by atoms with Crippen LogP contribution >= 0.6 is 0 Å². The normalized spacial score (nSPS) is 12.9. The van der Waals surface area contributed by atoms with Crippen molar-refractivity contribution in [3.63, 3.8) is 0 Å². The second-order valence-corrected chi connectivity index (χ2v) is 4.14. The van der Waals surface area contributed by atoms with Crippen LogP contribution in [0.4, 0.5) is 0 Å². The first kappa shape index (κ1) is 10.8. The molecule has 1 heterocycles. The van der Waals surface area contributed by atoms with Crippen molar-refractivity contribution in [1.82, 2.24) is 5.32 Å². The van der Waals surface area contributed by atoms with Gasteiger partial charge in [-0.25, -0.2) is 0 Å². The van der Waals surface area contributed by atoms with Gasteiger partial charge >= 0.3 is 0 Å². The van der Waals surface area contributed by atoms with Crippen molar-refractivity contribution in [2.24, 2.45) is 5.92 Å². The van der Waals surface area contributed by atoms with Gasteiger partial charge in [-0.15, -0.1) is 0 Å². The van der Waals surface area contributed by atoms with Crippen LogP contribution in [0, 0.1) is 5.92 Å². The molecule has 0 saturated heterocycles. The highest BCUT2D eigenvalue weighted by Gasteiger charge is 2.21. The van der Waals surface area contributed by atoms with Crippen LogP contribution in [0.1, 0.15) is 24.2 Å². The average Bonchev–Trinajstić information content (AvgIpc) is 2.73. The molecule has 4 nitrogen and oxygen atoms in total. The van der Waals surface area contributed by atoms with Crippen molar-refractivity contribution >= 4 is 5.91 Å². The Kier molecular flexibility index (Phi) is 2.99. The summed E-state index contributed by atoms with van der Waals surface area (Å²) in [4.78, 5) is 11.9. The van der Waals surface area contributed by atoms with E-state index < -0.39 is 0 Å². The largest absolute Gasteiger partial charge is 0.454 e. The Labute approximate surface area is 94.6 Å². The van der Waals surface area contributed by atoms with E-state index in [-0.39, 0.29) is 12.7 Å². The molecular weight excluding hydrogens is 206 g/mol. The molecule has 2 rings (SSSR count). The predicted molar refractivity (Wildman–Crippen MR) is 59.7 cm³/mol. The maximum absolute atomic E-state index is 11.9. The number of benzene rings is 1. The minimum atomic E-state index is -0.115. The summed E-state index contributed by atoms with van der Waals surface area (Å²) >= 11 is 0. The minimum absolute atomic E-state index is 0.115. The number of hydrogen-bond acceptors (Lipinski definition) is 3.